The Kier molecular flexibility index (Phi) is 3.95. The van der Waals surface area contributed by atoms with E-state index >= 15 is 0 Å². The summed E-state index contributed by atoms with van der Waals surface area (Å²) in [6.07, 6.45) is 0.668. The first-order valence-electron chi connectivity index (χ1n) is 4.63. The van der Waals surface area contributed by atoms with Gasteiger partial charge in [0.1, 0.15) is 0 Å². The molecule has 4 heteroatoms. The first-order valence-corrected chi connectivity index (χ1v) is 5.82. The molecule has 2 unspecified atom stereocenters. The van der Waals surface area contributed by atoms with Gasteiger partial charge in [0.25, 0.3) is 0 Å². The minimum Gasteiger partial charge on any atom is -0.396 e. The van der Waals surface area contributed by atoms with Gasteiger partial charge >= 0.3 is 0 Å². The van der Waals surface area contributed by atoms with Crippen molar-refractivity contribution in [1.82, 2.24) is 0 Å². The fraction of sp³-hybridized carbons (Fsp3) is 0.600. The van der Waals surface area contributed by atoms with Gasteiger partial charge in [-0.3, -0.25) is 0 Å². The molecule has 1 aromatic rings. The van der Waals surface area contributed by atoms with E-state index < -0.39 is 0 Å². The van der Waals surface area contributed by atoms with E-state index in [1.54, 1.807) is 0 Å². The molecule has 0 aromatic carbocycles. The lowest BCUT2D eigenvalue weighted by atomic mass is 9.79. The summed E-state index contributed by atoms with van der Waals surface area (Å²) >= 11 is 7.42. The monoisotopic (exact) mass is 233 g/mol. The van der Waals surface area contributed by atoms with Gasteiger partial charge in [0, 0.05) is 22.9 Å². The number of thiophene rings is 1. The average molecular weight is 234 g/mol. The molecular weight excluding hydrogens is 218 g/mol. The van der Waals surface area contributed by atoms with Gasteiger partial charge in [0.05, 0.1) is 4.34 Å². The lowest BCUT2D eigenvalue weighted by Gasteiger charge is -2.32. The van der Waals surface area contributed by atoms with Crippen LogP contribution >= 0.6 is 22.9 Å². The third kappa shape index (κ3) is 2.28. The molecule has 0 saturated carbocycles. The van der Waals surface area contributed by atoms with Gasteiger partial charge < -0.3 is 10.8 Å². The van der Waals surface area contributed by atoms with E-state index in [-0.39, 0.29) is 18.1 Å². The molecule has 0 saturated heterocycles. The Bertz CT molecular complexity index is 300. The number of nitrogens with two attached hydrogens (primary N) is 1. The second-order valence-electron chi connectivity index (χ2n) is 3.78. The Balaban J connectivity index is 2.98. The summed E-state index contributed by atoms with van der Waals surface area (Å²) in [7, 11) is 0. The summed E-state index contributed by atoms with van der Waals surface area (Å²) < 4.78 is 0.768. The Labute approximate surface area is 93.7 Å². The molecule has 0 aliphatic carbocycles. The SMILES string of the molecule is CC(N)C(C)(CCO)c1ccc(Cl)s1. The van der Waals surface area contributed by atoms with Crippen LogP contribution < -0.4 is 5.73 Å². The number of halogens is 1. The van der Waals surface area contributed by atoms with Crippen molar-refractivity contribution >= 4 is 22.9 Å². The van der Waals surface area contributed by atoms with E-state index in [1.807, 2.05) is 19.1 Å². The molecule has 1 aromatic heterocycles. The van der Waals surface area contributed by atoms with E-state index in [0.29, 0.717) is 6.42 Å². The maximum absolute atomic E-state index is 9.03. The van der Waals surface area contributed by atoms with Crippen molar-refractivity contribution < 1.29 is 5.11 Å². The van der Waals surface area contributed by atoms with Crippen molar-refractivity contribution in [1.29, 1.82) is 0 Å². The van der Waals surface area contributed by atoms with Crippen LogP contribution in [0, 0.1) is 0 Å². The summed E-state index contributed by atoms with van der Waals surface area (Å²) in [5.74, 6) is 0. The highest BCUT2D eigenvalue weighted by atomic mass is 35.5. The molecule has 0 aliphatic rings. The predicted octanol–water partition coefficient (Wildman–Crippen LogP) is 2.39. The van der Waals surface area contributed by atoms with Gasteiger partial charge in [0.15, 0.2) is 0 Å². The second kappa shape index (κ2) is 4.62. The zero-order valence-corrected chi connectivity index (χ0v) is 10.0. The van der Waals surface area contributed by atoms with Crippen molar-refractivity contribution in [3.8, 4) is 0 Å². The second-order valence-corrected chi connectivity index (χ2v) is 5.50. The Morgan fingerprint density at radius 1 is 1.64 bits per heavy atom. The standard InChI is InChI=1S/C10H16ClNOS/c1-7(12)10(2,5-6-13)8-3-4-9(11)14-8/h3-4,7,13H,5-6,12H2,1-2H3. The molecule has 2 nitrogen and oxygen atoms in total. The average Bonchev–Trinajstić information content (AvgIpc) is 2.52. The third-order valence-electron chi connectivity index (χ3n) is 2.77. The van der Waals surface area contributed by atoms with Crippen LogP contribution in [0.1, 0.15) is 25.1 Å². The van der Waals surface area contributed by atoms with Crippen molar-refractivity contribution in [3.63, 3.8) is 0 Å². The first-order chi connectivity index (χ1) is 6.50. The summed E-state index contributed by atoms with van der Waals surface area (Å²) in [5.41, 5.74) is 5.78. The molecule has 0 aliphatic heterocycles. The van der Waals surface area contributed by atoms with E-state index in [4.69, 9.17) is 22.4 Å². The van der Waals surface area contributed by atoms with Crippen LogP contribution in [0.25, 0.3) is 0 Å². The third-order valence-corrected chi connectivity index (χ3v) is 4.28. The van der Waals surface area contributed by atoms with Crippen molar-refractivity contribution in [2.75, 3.05) is 6.61 Å². The molecule has 14 heavy (non-hydrogen) atoms. The summed E-state index contributed by atoms with van der Waals surface area (Å²) in [4.78, 5) is 1.14. The maximum atomic E-state index is 9.03. The largest absolute Gasteiger partial charge is 0.396 e. The molecule has 1 rings (SSSR count). The number of hydrogen-bond donors (Lipinski definition) is 2. The van der Waals surface area contributed by atoms with E-state index in [0.717, 1.165) is 9.21 Å². The quantitative estimate of drug-likeness (QED) is 0.839. The Hall–Kier alpha value is -0.0900. The molecule has 0 amide bonds. The Morgan fingerprint density at radius 3 is 2.64 bits per heavy atom. The summed E-state index contributed by atoms with van der Waals surface area (Å²) in [6.45, 7) is 4.17. The fourth-order valence-electron chi connectivity index (χ4n) is 1.43. The van der Waals surface area contributed by atoms with Gasteiger partial charge in [-0.2, -0.15) is 0 Å². The van der Waals surface area contributed by atoms with E-state index in [2.05, 4.69) is 6.92 Å². The molecule has 2 atom stereocenters. The van der Waals surface area contributed by atoms with Gasteiger partial charge in [-0.1, -0.05) is 18.5 Å². The van der Waals surface area contributed by atoms with Crippen LogP contribution in [-0.2, 0) is 5.41 Å². The maximum Gasteiger partial charge on any atom is 0.0931 e. The minimum absolute atomic E-state index is 0.00404. The molecule has 3 N–H and O–H groups in total. The van der Waals surface area contributed by atoms with Crippen LogP contribution in [0.3, 0.4) is 0 Å². The van der Waals surface area contributed by atoms with E-state index in [1.165, 1.54) is 11.3 Å². The lowest BCUT2D eigenvalue weighted by Crippen LogP contribution is -2.41. The molecule has 0 fully saturated rings. The normalized spacial score (nSPS) is 17.8. The zero-order valence-electron chi connectivity index (χ0n) is 8.46. The Morgan fingerprint density at radius 2 is 2.29 bits per heavy atom. The lowest BCUT2D eigenvalue weighted by molar-refractivity contribution is 0.231. The molecule has 80 valence electrons. The van der Waals surface area contributed by atoms with Crippen molar-refractivity contribution in [3.05, 3.63) is 21.3 Å². The first kappa shape index (κ1) is 12.0. The number of aliphatic hydroxyl groups is 1. The zero-order chi connectivity index (χ0) is 10.8. The molecule has 0 spiro atoms. The van der Waals surface area contributed by atoms with Gasteiger partial charge in [0.2, 0.25) is 0 Å². The molecule has 0 radical (unpaired) electrons. The van der Waals surface area contributed by atoms with Crippen LogP contribution in [0.15, 0.2) is 12.1 Å². The van der Waals surface area contributed by atoms with Gasteiger partial charge in [-0.05, 0) is 25.5 Å². The number of aliphatic hydroxyl groups excluding tert-OH is 1. The van der Waals surface area contributed by atoms with Crippen molar-refractivity contribution in [2.45, 2.75) is 31.7 Å². The topological polar surface area (TPSA) is 46.2 Å². The molecular formula is C10H16ClNOS. The number of rotatable bonds is 4. The van der Waals surface area contributed by atoms with Gasteiger partial charge in [-0.25, -0.2) is 0 Å². The highest BCUT2D eigenvalue weighted by molar-refractivity contribution is 7.16. The van der Waals surface area contributed by atoms with Crippen LogP contribution in [0.5, 0.6) is 0 Å². The molecule has 1 heterocycles. The molecule has 0 bridgehead atoms. The minimum atomic E-state index is -0.174. The van der Waals surface area contributed by atoms with E-state index in [9.17, 15) is 0 Å². The van der Waals surface area contributed by atoms with Crippen LogP contribution in [0.4, 0.5) is 0 Å². The predicted molar refractivity (Wildman–Crippen MR) is 62.0 cm³/mol. The van der Waals surface area contributed by atoms with Gasteiger partial charge in [-0.15, -0.1) is 11.3 Å². The number of hydrogen-bond acceptors (Lipinski definition) is 3. The summed E-state index contributed by atoms with van der Waals surface area (Å²) in [6, 6.07) is 3.87. The summed E-state index contributed by atoms with van der Waals surface area (Å²) in [5, 5.41) is 9.03. The highest BCUT2D eigenvalue weighted by Gasteiger charge is 2.31. The highest BCUT2D eigenvalue weighted by Crippen LogP contribution is 2.36. The smallest absolute Gasteiger partial charge is 0.0931 e. The van der Waals surface area contributed by atoms with Crippen LogP contribution in [-0.4, -0.2) is 17.8 Å². The van der Waals surface area contributed by atoms with Crippen LogP contribution in [0.2, 0.25) is 4.34 Å². The fourth-order valence-corrected chi connectivity index (χ4v) is 2.74. The van der Waals surface area contributed by atoms with Crippen molar-refractivity contribution in [2.24, 2.45) is 5.73 Å².